The molecule has 3 nitrogen and oxygen atoms in total. The van der Waals surface area contributed by atoms with Gasteiger partial charge in [0, 0.05) is 5.41 Å². The molecule has 1 unspecified atom stereocenters. The Morgan fingerprint density at radius 1 is 1.16 bits per heavy atom. The quantitative estimate of drug-likeness (QED) is 0.763. The summed E-state index contributed by atoms with van der Waals surface area (Å²) in [5, 5.41) is 20.3. The molecule has 1 aliphatic carbocycles. The van der Waals surface area contributed by atoms with Gasteiger partial charge in [-0.2, -0.15) is 0 Å². The lowest BCUT2D eigenvalue weighted by Gasteiger charge is -2.42. The minimum absolute atomic E-state index is 0.0784. The molecular formula is C15H32O3Si. The third kappa shape index (κ3) is 4.03. The summed E-state index contributed by atoms with van der Waals surface area (Å²) in [5.74, 6) is 0. The summed E-state index contributed by atoms with van der Waals surface area (Å²) in [6.07, 6.45) is 4.75. The molecule has 0 amide bonds. The van der Waals surface area contributed by atoms with Gasteiger partial charge in [-0.25, -0.2) is 0 Å². The molecule has 4 heteroatoms. The number of rotatable bonds is 5. The smallest absolute Gasteiger partial charge is 0.192 e. The van der Waals surface area contributed by atoms with Gasteiger partial charge in [0.25, 0.3) is 0 Å². The second-order valence-electron chi connectivity index (χ2n) is 7.67. The van der Waals surface area contributed by atoms with E-state index in [4.69, 9.17) is 4.43 Å². The van der Waals surface area contributed by atoms with Crippen LogP contribution in [0.25, 0.3) is 0 Å². The molecule has 1 atom stereocenters. The van der Waals surface area contributed by atoms with Crippen molar-refractivity contribution in [2.24, 2.45) is 5.41 Å². The third-order valence-electron chi connectivity index (χ3n) is 5.28. The molecule has 0 spiro atoms. The summed E-state index contributed by atoms with van der Waals surface area (Å²) in [6.45, 7) is 11.5. The predicted molar refractivity (Wildman–Crippen MR) is 81.8 cm³/mol. The Morgan fingerprint density at radius 2 is 1.68 bits per heavy atom. The SMILES string of the molecule is CC(C)(C)[Si](C)(C)OCC(O)C1(CO)CCCCC1. The van der Waals surface area contributed by atoms with Gasteiger partial charge in [-0.15, -0.1) is 0 Å². The Hall–Kier alpha value is 0.0969. The van der Waals surface area contributed by atoms with Crippen LogP contribution in [0.4, 0.5) is 0 Å². The van der Waals surface area contributed by atoms with Crippen molar-refractivity contribution < 1.29 is 14.6 Å². The standard InChI is InChI=1S/C15H32O3Si/c1-14(2,3)19(4,5)18-11-13(17)15(12-16)9-7-6-8-10-15/h13,16-17H,6-12H2,1-5H3. The molecule has 0 aromatic carbocycles. The molecule has 2 N–H and O–H groups in total. The van der Waals surface area contributed by atoms with Gasteiger partial charge >= 0.3 is 0 Å². The van der Waals surface area contributed by atoms with Crippen molar-refractivity contribution in [2.75, 3.05) is 13.2 Å². The molecule has 1 aliphatic rings. The summed E-state index contributed by atoms with van der Waals surface area (Å²) in [5.41, 5.74) is -0.319. The first kappa shape index (κ1) is 17.1. The summed E-state index contributed by atoms with van der Waals surface area (Å²) >= 11 is 0. The highest BCUT2D eigenvalue weighted by Gasteiger charge is 2.42. The fourth-order valence-electron chi connectivity index (χ4n) is 2.53. The molecule has 0 aliphatic heterocycles. The number of hydrogen-bond donors (Lipinski definition) is 2. The number of aliphatic hydroxyl groups is 2. The van der Waals surface area contributed by atoms with E-state index in [1.54, 1.807) is 0 Å². The lowest BCUT2D eigenvalue weighted by molar-refractivity contribution is -0.0641. The van der Waals surface area contributed by atoms with Crippen LogP contribution in [0.5, 0.6) is 0 Å². The minimum Gasteiger partial charge on any atom is -0.414 e. The van der Waals surface area contributed by atoms with Crippen LogP contribution in [0.15, 0.2) is 0 Å². The normalized spacial score (nSPS) is 22.3. The van der Waals surface area contributed by atoms with E-state index in [0.717, 1.165) is 25.7 Å². The van der Waals surface area contributed by atoms with Crippen molar-refractivity contribution in [2.45, 2.75) is 77.1 Å². The Kier molecular flexibility index (Phi) is 5.64. The summed E-state index contributed by atoms with van der Waals surface area (Å²) in [6, 6.07) is 0. The van der Waals surface area contributed by atoms with Gasteiger partial charge in [-0.3, -0.25) is 0 Å². The van der Waals surface area contributed by atoms with Crippen molar-refractivity contribution >= 4 is 8.32 Å². The largest absolute Gasteiger partial charge is 0.414 e. The zero-order valence-electron chi connectivity index (χ0n) is 13.3. The van der Waals surface area contributed by atoms with Crippen LogP contribution in [0.2, 0.25) is 18.1 Å². The molecule has 0 heterocycles. The van der Waals surface area contributed by atoms with Gasteiger partial charge < -0.3 is 14.6 Å². The topological polar surface area (TPSA) is 49.7 Å². The summed E-state index contributed by atoms with van der Waals surface area (Å²) in [4.78, 5) is 0. The van der Waals surface area contributed by atoms with Crippen LogP contribution in [0.3, 0.4) is 0 Å². The van der Waals surface area contributed by atoms with Gasteiger partial charge in [0.1, 0.15) is 0 Å². The third-order valence-corrected chi connectivity index (χ3v) is 9.78. The zero-order chi connectivity index (χ0) is 14.7. The maximum absolute atomic E-state index is 10.5. The molecule has 0 radical (unpaired) electrons. The minimum atomic E-state index is -1.82. The molecule has 1 rings (SSSR count). The molecule has 114 valence electrons. The predicted octanol–water partition coefficient (Wildman–Crippen LogP) is 3.31. The second-order valence-corrected chi connectivity index (χ2v) is 12.5. The van der Waals surface area contributed by atoms with Gasteiger partial charge in [-0.1, -0.05) is 40.0 Å². The fraction of sp³-hybridized carbons (Fsp3) is 1.00. The molecular weight excluding hydrogens is 256 g/mol. The number of hydrogen-bond acceptors (Lipinski definition) is 3. The van der Waals surface area contributed by atoms with Crippen LogP contribution in [0.1, 0.15) is 52.9 Å². The van der Waals surface area contributed by atoms with E-state index in [-0.39, 0.29) is 17.1 Å². The van der Waals surface area contributed by atoms with Crippen LogP contribution in [-0.4, -0.2) is 37.8 Å². The average molecular weight is 289 g/mol. The highest BCUT2D eigenvalue weighted by atomic mass is 28.4. The van der Waals surface area contributed by atoms with Gasteiger partial charge in [0.05, 0.1) is 19.3 Å². The van der Waals surface area contributed by atoms with Crippen LogP contribution >= 0.6 is 0 Å². The van der Waals surface area contributed by atoms with Crippen molar-refractivity contribution in [1.29, 1.82) is 0 Å². The Bertz CT molecular complexity index is 278. The van der Waals surface area contributed by atoms with E-state index in [1.807, 2.05) is 0 Å². The van der Waals surface area contributed by atoms with E-state index < -0.39 is 14.4 Å². The molecule has 19 heavy (non-hydrogen) atoms. The first-order chi connectivity index (χ1) is 8.65. The van der Waals surface area contributed by atoms with Crippen molar-refractivity contribution in [3.63, 3.8) is 0 Å². The van der Waals surface area contributed by atoms with Gasteiger partial charge in [0.2, 0.25) is 0 Å². The first-order valence-electron chi connectivity index (χ1n) is 7.57. The van der Waals surface area contributed by atoms with Crippen LogP contribution < -0.4 is 0 Å². The van der Waals surface area contributed by atoms with Crippen LogP contribution in [-0.2, 0) is 4.43 Å². The van der Waals surface area contributed by atoms with E-state index in [1.165, 1.54) is 6.42 Å². The van der Waals surface area contributed by atoms with E-state index in [9.17, 15) is 10.2 Å². The Balaban J connectivity index is 2.61. The molecule has 1 fully saturated rings. The molecule has 0 aromatic rings. The highest BCUT2D eigenvalue weighted by Crippen LogP contribution is 2.41. The lowest BCUT2D eigenvalue weighted by Crippen LogP contribution is -2.48. The number of aliphatic hydroxyl groups excluding tert-OH is 2. The second kappa shape index (κ2) is 6.25. The van der Waals surface area contributed by atoms with Crippen molar-refractivity contribution in [3.05, 3.63) is 0 Å². The monoisotopic (exact) mass is 288 g/mol. The Morgan fingerprint density at radius 3 is 2.11 bits per heavy atom. The summed E-state index contributed by atoms with van der Waals surface area (Å²) < 4.78 is 6.11. The van der Waals surface area contributed by atoms with E-state index >= 15 is 0 Å². The van der Waals surface area contributed by atoms with Crippen LogP contribution in [0, 0.1) is 5.41 Å². The lowest BCUT2D eigenvalue weighted by atomic mass is 9.71. The zero-order valence-corrected chi connectivity index (χ0v) is 14.3. The molecule has 0 aromatic heterocycles. The van der Waals surface area contributed by atoms with E-state index in [2.05, 4.69) is 33.9 Å². The van der Waals surface area contributed by atoms with Crippen molar-refractivity contribution in [1.82, 2.24) is 0 Å². The Labute approximate surface area is 119 Å². The fourth-order valence-corrected chi connectivity index (χ4v) is 3.54. The maximum atomic E-state index is 10.5. The van der Waals surface area contributed by atoms with E-state index in [0.29, 0.717) is 6.61 Å². The maximum Gasteiger partial charge on any atom is 0.192 e. The molecule has 1 saturated carbocycles. The van der Waals surface area contributed by atoms with Gasteiger partial charge in [-0.05, 0) is 31.0 Å². The summed E-state index contributed by atoms with van der Waals surface area (Å²) in [7, 11) is -1.82. The highest BCUT2D eigenvalue weighted by molar-refractivity contribution is 6.74. The van der Waals surface area contributed by atoms with Gasteiger partial charge in [0.15, 0.2) is 8.32 Å². The molecule has 0 saturated heterocycles. The average Bonchev–Trinajstić information content (AvgIpc) is 2.35. The first-order valence-corrected chi connectivity index (χ1v) is 10.5. The molecule has 0 bridgehead atoms. The van der Waals surface area contributed by atoms with Crippen molar-refractivity contribution in [3.8, 4) is 0 Å².